The zero-order chi connectivity index (χ0) is 19.6. The second kappa shape index (κ2) is 10.7. The average molecular weight is 403 g/mol. The van der Waals surface area contributed by atoms with E-state index in [4.69, 9.17) is 4.74 Å². The fourth-order valence-corrected chi connectivity index (χ4v) is 3.86. The molecule has 3 heterocycles. The largest absolute Gasteiger partial charge is 0.379 e. The highest BCUT2D eigenvalue weighted by molar-refractivity contribution is 7.10. The molecule has 150 valence electrons. The number of thiophene rings is 1. The van der Waals surface area contributed by atoms with Crippen molar-refractivity contribution in [2.75, 3.05) is 51.8 Å². The monoisotopic (exact) mass is 402 g/mol. The Morgan fingerprint density at radius 2 is 2.18 bits per heavy atom. The lowest BCUT2D eigenvalue weighted by Crippen LogP contribution is -2.47. The third-order valence-corrected chi connectivity index (χ3v) is 5.38. The van der Waals surface area contributed by atoms with Crippen LogP contribution < -0.4 is 16.0 Å². The Balaban J connectivity index is 1.50. The van der Waals surface area contributed by atoms with Gasteiger partial charge < -0.3 is 20.7 Å². The van der Waals surface area contributed by atoms with Crippen LogP contribution in [0.1, 0.15) is 10.9 Å². The van der Waals surface area contributed by atoms with Crippen LogP contribution >= 0.6 is 11.3 Å². The lowest BCUT2D eigenvalue weighted by molar-refractivity contribution is -0.115. The number of carbonyl (C=O) groups is 1. The van der Waals surface area contributed by atoms with Gasteiger partial charge in [-0.25, -0.2) is 0 Å². The summed E-state index contributed by atoms with van der Waals surface area (Å²) < 4.78 is 5.48. The number of aromatic nitrogens is 1. The Bertz CT molecular complexity index is 747. The SMILES string of the molecule is CN=C(NCC(=O)Nc1cccnc1)NCC(c1cccs1)N1CCOCC1. The Kier molecular flexibility index (Phi) is 7.77. The number of amides is 1. The molecule has 0 bridgehead atoms. The molecule has 2 aromatic heterocycles. The maximum absolute atomic E-state index is 12.1. The van der Waals surface area contributed by atoms with Gasteiger partial charge in [-0.15, -0.1) is 11.3 Å². The number of aliphatic imine (C=N–C) groups is 1. The zero-order valence-corrected chi connectivity index (χ0v) is 16.7. The summed E-state index contributed by atoms with van der Waals surface area (Å²) in [4.78, 5) is 24.0. The summed E-state index contributed by atoms with van der Waals surface area (Å²) in [6, 6.07) is 8.05. The van der Waals surface area contributed by atoms with Gasteiger partial charge >= 0.3 is 0 Å². The molecule has 0 radical (unpaired) electrons. The second-order valence-electron chi connectivity index (χ2n) is 6.28. The molecule has 1 aliphatic rings. The minimum Gasteiger partial charge on any atom is -0.379 e. The van der Waals surface area contributed by atoms with Gasteiger partial charge in [-0.2, -0.15) is 0 Å². The van der Waals surface area contributed by atoms with Crippen LogP contribution in [-0.4, -0.2) is 68.2 Å². The van der Waals surface area contributed by atoms with Crippen LogP contribution in [-0.2, 0) is 9.53 Å². The lowest BCUT2D eigenvalue weighted by atomic mass is 10.2. The molecule has 28 heavy (non-hydrogen) atoms. The molecule has 9 heteroatoms. The van der Waals surface area contributed by atoms with Crippen molar-refractivity contribution in [1.29, 1.82) is 0 Å². The summed E-state index contributed by atoms with van der Waals surface area (Å²) in [7, 11) is 1.70. The van der Waals surface area contributed by atoms with Crippen LogP contribution in [0.3, 0.4) is 0 Å². The highest BCUT2D eigenvalue weighted by Gasteiger charge is 2.23. The molecule has 3 N–H and O–H groups in total. The van der Waals surface area contributed by atoms with E-state index in [0.29, 0.717) is 18.2 Å². The third-order valence-electron chi connectivity index (χ3n) is 4.41. The smallest absolute Gasteiger partial charge is 0.243 e. The van der Waals surface area contributed by atoms with Gasteiger partial charge in [-0.05, 0) is 23.6 Å². The van der Waals surface area contributed by atoms with Crippen molar-refractivity contribution in [3.8, 4) is 0 Å². The van der Waals surface area contributed by atoms with Gasteiger partial charge in [0, 0.05) is 37.8 Å². The molecule has 2 aromatic rings. The highest BCUT2D eigenvalue weighted by atomic mass is 32.1. The summed E-state index contributed by atoms with van der Waals surface area (Å²) in [5.41, 5.74) is 0.669. The first kappa shape index (κ1) is 20.2. The molecule has 0 saturated carbocycles. The molecule has 0 aliphatic carbocycles. The topological polar surface area (TPSA) is 90.9 Å². The number of guanidine groups is 1. The number of ether oxygens (including phenoxy) is 1. The number of hydrogen-bond acceptors (Lipinski definition) is 6. The Hall–Kier alpha value is -2.49. The van der Waals surface area contributed by atoms with Crippen molar-refractivity contribution in [1.82, 2.24) is 20.5 Å². The summed E-state index contributed by atoms with van der Waals surface area (Å²) >= 11 is 1.75. The van der Waals surface area contributed by atoms with Crippen LogP contribution in [0.5, 0.6) is 0 Å². The molecular weight excluding hydrogens is 376 g/mol. The predicted molar refractivity (Wildman–Crippen MR) is 112 cm³/mol. The molecule has 1 amide bonds. The van der Waals surface area contributed by atoms with Crippen LogP contribution in [0.4, 0.5) is 5.69 Å². The fraction of sp³-hybridized carbons (Fsp3) is 0.421. The summed E-state index contributed by atoms with van der Waals surface area (Å²) in [6.45, 7) is 4.14. The number of nitrogens with zero attached hydrogens (tertiary/aromatic N) is 3. The fourth-order valence-electron chi connectivity index (χ4n) is 3.00. The van der Waals surface area contributed by atoms with Crippen molar-refractivity contribution >= 4 is 28.9 Å². The van der Waals surface area contributed by atoms with Crippen LogP contribution in [0.25, 0.3) is 0 Å². The second-order valence-corrected chi connectivity index (χ2v) is 7.26. The summed E-state index contributed by atoms with van der Waals surface area (Å²) in [6.07, 6.45) is 3.27. The van der Waals surface area contributed by atoms with Crippen molar-refractivity contribution < 1.29 is 9.53 Å². The number of morpholine rings is 1. The first-order valence-electron chi connectivity index (χ1n) is 9.26. The van der Waals surface area contributed by atoms with E-state index in [1.54, 1.807) is 42.9 Å². The number of carbonyl (C=O) groups excluding carboxylic acids is 1. The van der Waals surface area contributed by atoms with Gasteiger partial charge in [0.05, 0.1) is 37.7 Å². The molecule has 3 rings (SSSR count). The van der Waals surface area contributed by atoms with Gasteiger partial charge in [0.1, 0.15) is 0 Å². The van der Waals surface area contributed by atoms with E-state index >= 15 is 0 Å². The Morgan fingerprint density at radius 1 is 1.32 bits per heavy atom. The number of pyridine rings is 1. The quantitative estimate of drug-likeness (QED) is 0.478. The maximum Gasteiger partial charge on any atom is 0.243 e. The van der Waals surface area contributed by atoms with Crippen molar-refractivity contribution in [3.63, 3.8) is 0 Å². The number of rotatable bonds is 7. The zero-order valence-electron chi connectivity index (χ0n) is 15.9. The first-order valence-corrected chi connectivity index (χ1v) is 10.1. The van der Waals surface area contributed by atoms with Gasteiger partial charge in [0.15, 0.2) is 5.96 Å². The van der Waals surface area contributed by atoms with E-state index in [2.05, 4.69) is 48.3 Å². The Labute approximate surface area is 169 Å². The Morgan fingerprint density at radius 3 is 2.86 bits per heavy atom. The van der Waals surface area contributed by atoms with E-state index in [1.165, 1.54) is 4.88 Å². The number of nitrogens with one attached hydrogen (secondary N) is 3. The van der Waals surface area contributed by atoms with Crippen molar-refractivity contribution in [3.05, 3.63) is 46.9 Å². The molecule has 0 aromatic carbocycles. The normalized spacial score (nSPS) is 16.4. The average Bonchev–Trinajstić information content (AvgIpc) is 3.26. The first-order chi connectivity index (χ1) is 13.8. The van der Waals surface area contributed by atoms with E-state index in [1.807, 2.05) is 0 Å². The third kappa shape index (κ3) is 6.01. The summed E-state index contributed by atoms with van der Waals surface area (Å²) in [5.74, 6) is 0.440. The van der Waals surface area contributed by atoms with Gasteiger partial charge in [0.2, 0.25) is 5.91 Å². The van der Waals surface area contributed by atoms with E-state index in [-0.39, 0.29) is 18.5 Å². The van der Waals surface area contributed by atoms with Crippen molar-refractivity contribution in [2.24, 2.45) is 4.99 Å². The summed E-state index contributed by atoms with van der Waals surface area (Å²) in [5, 5.41) is 11.3. The van der Waals surface area contributed by atoms with Crippen LogP contribution in [0, 0.1) is 0 Å². The molecule has 0 spiro atoms. The van der Waals surface area contributed by atoms with Crippen LogP contribution in [0.2, 0.25) is 0 Å². The molecule has 1 aliphatic heterocycles. The molecular formula is C19H26N6O2S. The lowest BCUT2D eigenvalue weighted by Gasteiger charge is -2.34. The predicted octanol–water partition coefficient (Wildman–Crippen LogP) is 1.32. The van der Waals surface area contributed by atoms with E-state index in [9.17, 15) is 4.79 Å². The van der Waals surface area contributed by atoms with Gasteiger partial charge in [-0.1, -0.05) is 6.07 Å². The van der Waals surface area contributed by atoms with Gasteiger partial charge in [0.25, 0.3) is 0 Å². The number of anilines is 1. The molecule has 8 nitrogen and oxygen atoms in total. The number of hydrogen-bond donors (Lipinski definition) is 3. The molecule has 1 saturated heterocycles. The van der Waals surface area contributed by atoms with Crippen LogP contribution in [0.15, 0.2) is 47.0 Å². The minimum atomic E-state index is -0.154. The minimum absolute atomic E-state index is 0.121. The molecule has 1 fully saturated rings. The molecule has 1 unspecified atom stereocenters. The maximum atomic E-state index is 12.1. The van der Waals surface area contributed by atoms with Crippen molar-refractivity contribution in [2.45, 2.75) is 6.04 Å². The van der Waals surface area contributed by atoms with Gasteiger partial charge in [-0.3, -0.25) is 19.7 Å². The molecule has 1 atom stereocenters. The standard InChI is InChI=1S/C19H26N6O2S/c1-20-19(23-14-18(26)24-15-4-2-6-21-12-15)22-13-16(17-5-3-11-28-17)25-7-9-27-10-8-25/h2-6,11-12,16H,7-10,13-14H2,1H3,(H,24,26)(H2,20,22,23). The van der Waals surface area contributed by atoms with E-state index < -0.39 is 0 Å². The van der Waals surface area contributed by atoms with E-state index in [0.717, 1.165) is 26.3 Å². The highest BCUT2D eigenvalue weighted by Crippen LogP contribution is 2.25.